The number of hydrogen-bond acceptors (Lipinski definition) is 10. The summed E-state index contributed by atoms with van der Waals surface area (Å²) in [6, 6.07) is 3.12. The van der Waals surface area contributed by atoms with Gasteiger partial charge in [-0.05, 0) is 26.8 Å². The number of benzene rings is 1. The molecule has 2 aromatic rings. The largest absolute Gasteiger partial charge is 0.509 e. The van der Waals surface area contributed by atoms with Crippen molar-refractivity contribution in [3.05, 3.63) is 28.1 Å². The zero-order valence-electron chi connectivity index (χ0n) is 17.2. The number of fused-ring (bicyclic) bond motifs is 2. The minimum Gasteiger partial charge on any atom is -0.496 e. The molecule has 2 aliphatic rings. The summed E-state index contributed by atoms with van der Waals surface area (Å²) >= 11 is 0. The van der Waals surface area contributed by atoms with Crippen LogP contribution >= 0.6 is 0 Å². The molecule has 0 radical (unpaired) electrons. The first kappa shape index (κ1) is 20.3. The van der Waals surface area contributed by atoms with E-state index >= 15 is 0 Å². The Morgan fingerprint density at radius 2 is 1.77 bits per heavy atom. The van der Waals surface area contributed by atoms with Gasteiger partial charge in [0.1, 0.15) is 28.9 Å². The van der Waals surface area contributed by atoms with Gasteiger partial charge in [0.2, 0.25) is 12.4 Å². The van der Waals surface area contributed by atoms with Crippen LogP contribution in [0.15, 0.2) is 21.3 Å². The van der Waals surface area contributed by atoms with Crippen LogP contribution in [0.4, 0.5) is 10.5 Å². The van der Waals surface area contributed by atoms with E-state index in [1.165, 1.54) is 20.3 Å². The number of carbonyl (C=O) groups is 1. The highest BCUT2D eigenvalue weighted by atomic mass is 16.8. The minimum absolute atomic E-state index is 0.0327. The molecule has 10 heteroatoms. The van der Waals surface area contributed by atoms with Crippen LogP contribution in [0.1, 0.15) is 19.4 Å². The molecule has 2 saturated heterocycles. The Bertz CT molecular complexity index is 1060. The number of hydrogen-bond donors (Lipinski definition) is 1. The summed E-state index contributed by atoms with van der Waals surface area (Å²) < 4.78 is 39.0. The molecule has 4 rings (SSSR count). The van der Waals surface area contributed by atoms with Gasteiger partial charge in [-0.2, -0.15) is 0 Å². The van der Waals surface area contributed by atoms with E-state index in [0.29, 0.717) is 22.4 Å². The fourth-order valence-electron chi connectivity index (χ4n) is 3.95. The van der Waals surface area contributed by atoms with Crippen molar-refractivity contribution in [3.63, 3.8) is 0 Å². The second kappa shape index (κ2) is 7.06. The van der Waals surface area contributed by atoms with Gasteiger partial charge in [-0.3, -0.25) is 0 Å². The molecule has 0 amide bonds. The number of ether oxygens (including phenoxy) is 6. The molecule has 30 heavy (non-hydrogen) atoms. The lowest BCUT2D eigenvalue weighted by Crippen LogP contribution is -2.62. The number of rotatable bonds is 4. The van der Waals surface area contributed by atoms with Crippen molar-refractivity contribution in [2.45, 2.75) is 51.0 Å². The molecule has 0 saturated carbocycles. The molecule has 1 aromatic heterocycles. The summed E-state index contributed by atoms with van der Waals surface area (Å²) in [5, 5.41) is 0.525. The van der Waals surface area contributed by atoms with Crippen molar-refractivity contribution in [2.75, 3.05) is 20.0 Å². The molecule has 3 heterocycles. The first-order valence-electron chi connectivity index (χ1n) is 9.31. The highest BCUT2D eigenvalue weighted by Gasteiger charge is 2.59. The summed E-state index contributed by atoms with van der Waals surface area (Å²) in [6.45, 7) is 5.32. The normalized spacial score (nSPS) is 27.3. The van der Waals surface area contributed by atoms with E-state index < -0.39 is 42.0 Å². The Morgan fingerprint density at radius 1 is 1.07 bits per heavy atom. The molecule has 162 valence electrons. The molecule has 0 bridgehead atoms. The van der Waals surface area contributed by atoms with E-state index in [1.54, 1.807) is 26.8 Å². The summed E-state index contributed by atoms with van der Waals surface area (Å²) in [5.41, 5.74) is 4.94. The zero-order valence-corrected chi connectivity index (χ0v) is 17.2. The summed E-state index contributed by atoms with van der Waals surface area (Å²) in [4.78, 5) is 23.7. The van der Waals surface area contributed by atoms with Crippen molar-refractivity contribution in [1.29, 1.82) is 0 Å². The molecule has 2 N–H and O–H groups in total. The van der Waals surface area contributed by atoms with Crippen molar-refractivity contribution in [1.82, 2.24) is 0 Å². The quantitative estimate of drug-likeness (QED) is 0.579. The smallest absolute Gasteiger partial charge is 0.496 e. The van der Waals surface area contributed by atoms with Gasteiger partial charge in [0.15, 0.2) is 6.10 Å². The summed E-state index contributed by atoms with van der Waals surface area (Å²) in [5.74, 6) is 0.716. The Kier molecular flexibility index (Phi) is 4.78. The van der Waals surface area contributed by atoms with E-state index in [2.05, 4.69) is 0 Å². The molecule has 0 spiro atoms. The van der Waals surface area contributed by atoms with Crippen LogP contribution in [-0.2, 0) is 18.9 Å². The standard InChI is InChI=1S/C20H23NO9/c1-8-11(7-12(24-4)9-6-10(21)17(22)27-13(8)9)26-18-15-14(28-19(23)29-15)16(25-5)20(2,3)30-18/h6-7,14-16,18H,21H2,1-5H3/t14-,15+,16+,18+/m0/s1. The molecule has 2 aliphatic heterocycles. The predicted molar refractivity (Wildman–Crippen MR) is 104 cm³/mol. The average molecular weight is 421 g/mol. The van der Waals surface area contributed by atoms with Crippen LogP contribution in [-0.4, -0.2) is 50.6 Å². The lowest BCUT2D eigenvalue weighted by molar-refractivity contribution is -0.282. The second-order valence-corrected chi connectivity index (χ2v) is 7.71. The van der Waals surface area contributed by atoms with E-state index in [0.717, 1.165) is 0 Å². The number of methoxy groups -OCH3 is 2. The van der Waals surface area contributed by atoms with E-state index in [1.807, 2.05) is 0 Å². The molecule has 4 atom stereocenters. The fraction of sp³-hybridized carbons (Fsp3) is 0.500. The van der Waals surface area contributed by atoms with Gasteiger partial charge in [-0.1, -0.05) is 0 Å². The molecule has 1 aromatic carbocycles. The van der Waals surface area contributed by atoms with Crippen LogP contribution in [0, 0.1) is 6.92 Å². The third-order valence-corrected chi connectivity index (χ3v) is 5.39. The van der Waals surface area contributed by atoms with Crippen molar-refractivity contribution < 1.29 is 37.6 Å². The van der Waals surface area contributed by atoms with Crippen LogP contribution < -0.4 is 20.8 Å². The lowest BCUT2D eigenvalue weighted by atomic mass is 9.89. The predicted octanol–water partition coefficient (Wildman–Crippen LogP) is 2.12. The van der Waals surface area contributed by atoms with Crippen LogP contribution in [0.3, 0.4) is 0 Å². The molecule has 0 unspecified atom stereocenters. The Morgan fingerprint density at radius 3 is 2.43 bits per heavy atom. The Balaban J connectivity index is 1.76. The third-order valence-electron chi connectivity index (χ3n) is 5.39. The molecular weight excluding hydrogens is 398 g/mol. The topological polar surface area (TPSA) is 129 Å². The maximum atomic E-state index is 11.9. The van der Waals surface area contributed by atoms with E-state index in [9.17, 15) is 9.59 Å². The Hall–Kier alpha value is -2.98. The maximum Gasteiger partial charge on any atom is 0.509 e. The van der Waals surface area contributed by atoms with E-state index in [-0.39, 0.29) is 11.3 Å². The van der Waals surface area contributed by atoms with Gasteiger partial charge < -0.3 is 38.6 Å². The molecule has 10 nitrogen and oxygen atoms in total. The summed E-state index contributed by atoms with van der Waals surface area (Å²) in [6.07, 6.45) is -3.94. The number of nitrogens with two attached hydrogens (primary N) is 1. The molecule has 0 aliphatic carbocycles. The minimum atomic E-state index is -0.996. The first-order chi connectivity index (χ1) is 14.2. The highest BCUT2D eigenvalue weighted by Crippen LogP contribution is 2.41. The maximum absolute atomic E-state index is 11.9. The number of aryl methyl sites for hydroxylation is 1. The average Bonchev–Trinajstić information content (AvgIpc) is 3.06. The van der Waals surface area contributed by atoms with Gasteiger partial charge in [-0.15, -0.1) is 0 Å². The highest BCUT2D eigenvalue weighted by molar-refractivity contribution is 5.90. The van der Waals surface area contributed by atoms with E-state index in [4.69, 9.17) is 38.6 Å². The zero-order chi connectivity index (χ0) is 21.8. The van der Waals surface area contributed by atoms with Crippen LogP contribution in [0.2, 0.25) is 0 Å². The van der Waals surface area contributed by atoms with Crippen molar-refractivity contribution in [2.24, 2.45) is 0 Å². The molecular formula is C20H23NO9. The van der Waals surface area contributed by atoms with Crippen LogP contribution in [0.25, 0.3) is 11.0 Å². The summed E-state index contributed by atoms with van der Waals surface area (Å²) in [7, 11) is 2.98. The number of nitrogen functional groups attached to an aromatic ring is 1. The van der Waals surface area contributed by atoms with Gasteiger partial charge in [0, 0.05) is 18.7 Å². The van der Waals surface area contributed by atoms with Gasteiger partial charge in [-0.25, -0.2) is 9.59 Å². The monoisotopic (exact) mass is 421 g/mol. The van der Waals surface area contributed by atoms with Gasteiger partial charge in [0.05, 0.1) is 18.1 Å². The second-order valence-electron chi connectivity index (χ2n) is 7.71. The lowest BCUT2D eigenvalue weighted by Gasteiger charge is -2.45. The SMILES string of the molecule is COc1cc(O[C@@H]2OC(C)(C)[C@H](OC)[C@H]3OC(=O)O[C@@H]23)c(C)c2oc(=O)c(N)cc12. The third kappa shape index (κ3) is 3.12. The fourth-order valence-corrected chi connectivity index (χ4v) is 3.95. The van der Waals surface area contributed by atoms with Crippen molar-refractivity contribution >= 4 is 22.8 Å². The molecule has 2 fully saturated rings. The Labute approximate surface area is 171 Å². The van der Waals surface area contributed by atoms with Gasteiger partial charge in [0.25, 0.3) is 0 Å². The number of anilines is 1. The first-order valence-corrected chi connectivity index (χ1v) is 9.31. The van der Waals surface area contributed by atoms with Crippen LogP contribution in [0.5, 0.6) is 11.5 Å². The number of carbonyl (C=O) groups excluding carboxylic acids is 1. The van der Waals surface area contributed by atoms with Crippen molar-refractivity contribution in [3.8, 4) is 11.5 Å². The van der Waals surface area contributed by atoms with Gasteiger partial charge >= 0.3 is 11.8 Å².